The van der Waals surface area contributed by atoms with Gasteiger partial charge in [-0.15, -0.1) is 0 Å². The number of methoxy groups -OCH3 is 3. The van der Waals surface area contributed by atoms with Crippen molar-refractivity contribution in [2.75, 3.05) is 21.3 Å². The zero-order valence-corrected chi connectivity index (χ0v) is 13.8. The van der Waals surface area contributed by atoms with Crippen LogP contribution in [0.1, 0.15) is 28.9 Å². The molecular formula is C18H21NO4. The summed E-state index contributed by atoms with van der Waals surface area (Å²) in [5.74, 6) is 1.73. The van der Waals surface area contributed by atoms with E-state index in [0.29, 0.717) is 17.1 Å². The number of hydrogen-bond acceptors (Lipinski definition) is 4. The minimum absolute atomic E-state index is 0.124. The minimum Gasteiger partial charge on any atom is -0.497 e. The van der Waals surface area contributed by atoms with Crippen molar-refractivity contribution in [2.24, 2.45) is 0 Å². The van der Waals surface area contributed by atoms with E-state index in [1.807, 2.05) is 31.2 Å². The molecule has 0 aromatic heterocycles. The fourth-order valence-electron chi connectivity index (χ4n) is 2.23. The van der Waals surface area contributed by atoms with E-state index < -0.39 is 0 Å². The Bertz CT molecular complexity index is 667. The van der Waals surface area contributed by atoms with Crippen LogP contribution in [0, 0.1) is 0 Å². The van der Waals surface area contributed by atoms with Gasteiger partial charge in [-0.1, -0.05) is 12.1 Å². The van der Waals surface area contributed by atoms with E-state index in [4.69, 9.17) is 14.2 Å². The van der Waals surface area contributed by atoms with Gasteiger partial charge in [-0.3, -0.25) is 4.79 Å². The summed E-state index contributed by atoms with van der Waals surface area (Å²) in [6.45, 7) is 1.93. The van der Waals surface area contributed by atoms with Crippen molar-refractivity contribution in [3.05, 3.63) is 53.6 Å². The lowest BCUT2D eigenvalue weighted by Crippen LogP contribution is -2.26. The third-order valence-corrected chi connectivity index (χ3v) is 3.61. The minimum atomic E-state index is -0.172. The van der Waals surface area contributed by atoms with Crippen LogP contribution in [0.2, 0.25) is 0 Å². The molecule has 0 unspecified atom stereocenters. The molecule has 1 amide bonds. The van der Waals surface area contributed by atoms with E-state index >= 15 is 0 Å². The molecule has 0 radical (unpaired) electrons. The van der Waals surface area contributed by atoms with Crippen LogP contribution in [0.25, 0.3) is 0 Å². The molecule has 0 saturated heterocycles. The number of benzene rings is 2. The van der Waals surface area contributed by atoms with E-state index in [1.165, 1.54) is 0 Å². The van der Waals surface area contributed by atoms with Gasteiger partial charge in [0, 0.05) is 5.56 Å². The van der Waals surface area contributed by atoms with Crippen molar-refractivity contribution < 1.29 is 19.0 Å². The number of rotatable bonds is 6. The van der Waals surface area contributed by atoms with Gasteiger partial charge in [0.15, 0.2) is 11.5 Å². The highest BCUT2D eigenvalue weighted by molar-refractivity contribution is 5.95. The molecule has 0 aliphatic carbocycles. The second-order valence-electron chi connectivity index (χ2n) is 5.04. The van der Waals surface area contributed by atoms with Crippen molar-refractivity contribution in [1.82, 2.24) is 5.32 Å². The smallest absolute Gasteiger partial charge is 0.251 e. The fraction of sp³-hybridized carbons (Fsp3) is 0.278. The van der Waals surface area contributed by atoms with Gasteiger partial charge in [0.1, 0.15) is 5.75 Å². The summed E-state index contributed by atoms with van der Waals surface area (Å²) in [6, 6.07) is 12.6. The van der Waals surface area contributed by atoms with Gasteiger partial charge in [0.05, 0.1) is 27.4 Å². The van der Waals surface area contributed by atoms with Gasteiger partial charge in [-0.2, -0.15) is 0 Å². The topological polar surface area (TPSA) is 56.8 Å². The van der Waals surface area contributed by atoms with Crippen molar-refractivity contribution in [3.8, 4) is 17.2 Å². The Balaban J connectivity index is 2.11. The van der Waals surface area contributed by atoms with Crippen LogP contribution in [0.3, 0.4) is 0 Å². The molecule has 5 nitrogen and oxygen atoms in total. The van der Waals surface area contributed by atoms with Crippen LogP contribution in [0.15, 0.2) is 42.5 Å². The van der Waals surface area contributed by atoms with Gasteiger partial charge in [-0.05, 0) is 42.8 Å². The molecule has 5 heteroatoms. The lowest BCUT2D eigenvalue weighted by molar-refractivity contribution is 0.0939. The van der Waals surface area contributed by atoms with Gasteiger partial charge < -0.3 is 19.5 Å². The first-order valence-corrected chi connectivity index (χ1v) is 7.26. The summed E-state index contributed by atoms with van der Waals surface area (Å²) in [7, 11) is 4.72. The van der Waals surface area contributed by atoms with Crippen molar-refractivity contribution in [1.29, 1.82) is 0 Å². The monoisotopic (exact) mass is 315 g/mol. The van der Waals surface area contributed by atoms with E-state index in [0.717, 1.165) is 11.3 Å². The zero-order chi connectivity index (χ0) is 16.8. The lowest BCUT2D eigenvalue weighted by atomic mass is 10.1. The van der Waals surface area contributed by atoms with E-state index in [9.17, 15) is 4.79 Å². The van der Waals surface area contributed by atoms with E-state index in [2.05, 4.69) is 5.32 Å². The number of hydrogen-bond donors (Lipinski definition) is 1. The first-order valence-electron chi connectivity index (χ1n) is 7.26. The SMILES string of the molecule is COc1ccc([C@@H](C)NC(=O)c2ccc(OC)c(OC)c2)cc1. The quantitative estimate of drug-likeness (QED) is 0.889. The molecule has 1 N–H and O–H groups in total. The predicted octanol–water partition coefficient (Wildman–Crippen LogP) is 3.20. The second-order valence-corrected chi connectivity index (χ2v) is 5.04. The highest BCUT2D eigenvalue weighted by Crippen LogP contribution is 2.27. The molecule has 0 spiro atoms. The van der Waals surface area contributed by atoms with Crippen LogP contribution in [0.5, 0.6) is 17.2 Å². The molecule has 0 bridgehead atoms. The van der Waals surface area contributed by atoms with Gasteiger partial charge in [0.2, 0.25) is 0 Å². The Hall–Kier alpha value is -2.69. The Morgan fingerprint density at radius 2 is 1.57 bits per heavy atom. The number of nitrogens with one attached hydrogen (secondary N) is 1. The molecule has 23 heavy (non-hydrogen) atoms. The first-order chi connectivity index (χ1) is 11.1. The molecule has 0 aliphatic rings. The van der Waals surface area contributed by atoms with Gasteiger partial charge in [0.25, 0.3) is 5.91 Å². The molecular weight excluding hydrogens is 294 g/mol. The summed E-state index contributed by atoms with van der Waals surface area (Å²) in [5.41, 5.74) is 1.52. The molecule has 122 valence electrons. The second kappa shape index (κ2) is 7.54. The highest BCUT2D eigenvalue weighted by Gasteiger charge is 2.14. The van der Waals surface area contributed by atoms with Gasteiger partial charge >= 0.3 is 0 Å². The van der Waals surface area contributed by atoms with E-state index in [-0.39, 0.29) is 11.9 Å². The maximum absolute atomic E-state index is 12.4. The summed E-state index contributed by atoms with van der Waals surface area (Å²) >= 11 is 0. The van der Waals surface area contributed by atoms with Crippen LogP contribution < -0.4 is 19.5 Å². The summed E-state index contributed by atoms with van der Waals surface area (Å²) in [4.78, 5) is 12.4. The Kier molecular flexibility index (Phi) is 5.46. The normalized spacial score (nSPS) is 11.5. The molecule has 0 fully saturated rings. The van der Waals surface area contributed by atoms with Crippen molar-refractivity contribution in [3.63, 3.8) is 0 Å². The molecule has 0 aliphatic heterocycles. The molecule has 2 aromatic carbocycles. The maximum Gasteiger partial charge on any atom is 0.251 e. The Labute approximate surface area is 136 Å². The number of amides is 1. The Morgan fingerprint density at radius 3 is 2.13 bits per heavy atom. The van der Waals surface area contributed by atoms with Crippen molar-refractivity contribution >= 4 is 5.91 Å². The molecule has 1 atom stereocenters. The fourth-order valence-corrected chi connectivity index (χ4v) is 2.23. The van der Waals surface area contributed by atoms with Crippen LogP contribution in [-0.4, -0.2) is 27.2 Å². The van der Waals surface area contributed by atoms with Crippen LogP contribution in [0.4, 0.5) is 0 Å². The number of carbonyl (C=O) groups is 1. The zero-order valence-electron chi connectivity index (χ0n) is 13.8. The third-order valence-electron chi connectivity index (χ3n) is 3.61. The summed E-state index contributed by atoms with van der Waals surface area (Å²) in [6.07, 6.45) is 0. The lowest BCUT2D eigenvalue weighted by Gasteiger charge is -2.15. The van der Waals surface area contributed by atoms with Gasteiger partial charge in [-0.25, -0.2) is 0 Å². The molecule has 0 saturated carbocycles. The van der Waals surface area contributed by atoms with Crippen LogP contribution >= 0.6 is 0 Å². The highest BCUT2D eigenvalue weighted by atomic mass is 16.5. The largest absolute Gasteiger partial charge is 0.497 e. The molecule has 0 heterocycles. The summed E-state index contributed by atoms with van der Waals surface area (Å²) < 4.78 is 15.5. The number of ether oxygens (including phenoxy) is 3. The summed E-state index contributed by atoms with van der Waals surface area (Å²) in [5, 5.41) is 2.96. The third kappa shape index (κ3) is 3.94. The number of carbonyl (C=O) groups excluding carboxylic acids is 1. The van der Waals surface area contributed by atoms with Crippen LogP contribution in [-0.2, 0) is 0 Å². The average molecular weight is 315 g/mol. The maximum atomic E-state index is 12.4. The molecule has 2 rings (SSSR count). The predicted molar refractivity (Wildman–Crippen MR) is 88.4 cm³/mol. The molecule has 2 aromatic rings. The van der Waals surface area contributed by atoms with Crippen molar-refractivity contribution in [2.45, 2.75) is 13.0 Å². The first kappa shape index (κ1) is 16.7. The average Bonchev–Trinajstić information content (AvgIpc) is 2.60. The standard InChI is InChI=1S/C18H21NO4/c1-12(13-5-8-15(21-2)9-6-13)19-18(20)14-7-10-16(22-3)17(11-14)23-4/h5-12H,1-4H3,(H,19,20)/t12-/m1/s1. The Morgan fingerprint density at radius 1 is 0.913 bits per heavy atom. The van der Waals surface area contributed by atoms with E-state index in [1.54, 1.807) is 39.5 Å².